The van der Waals surface area contributed by atoms with Crippen molar-refractivity contribution < 1.29 is 14.6 Å². The van der Waals surface area contributed by atoms with E-state index in [0.29, 0.717) is 21.4 Å². The van der Waals surface area contributed by atoms with Gasteiger partial charge >= 0.3 is 0 Å². The summed E-state index contributed by atoms with van der Waals surface area (Å²) >= 11 is 4.59. The Morgan fingerprint density at radius 2 is 2.08 bits per heavy atom. The summed E-state index contributed by atoms with van der Waals surface area (Å²) in [4.78, 5) is 17.1. The molecule has 128 valence electrons. The summed E-state index contributed by atoms with van der Waals surface area (Å²) in [6, 6.07) is 11.1. The maximum atomic E-state index is 12.2. The number of carbonyl (C=O) groups excluding carboxylic acids is 1. The number of ether oxygens (including phenoxy) is 1. The Morgan fingerprint density at radius 3 is 2.80 bits per heavy atom. The molecule has 2 aromatic carbocycles. The van der Waals surface area contributed by atoms with Crippen LogP contribution in [0.1, 0.15) is 11.1 Å². The number of nitrogens with one attached hydrogen (secondary N) is 1. The third-order valence-corrected chi connectivity index (χ3v) is 4.93. The van der Waals surface area contributed by atoms with Crippen LogP contribution in [-0.2, 0) is 4.79 Å². The fraction of sp³-hybridized carbons (Fsp3) is 0.111. The van der Waals surface area contributed by atoms with Crippen molar-refractivity contribution in [1.82, 2.24) is 5.32 Å². The van der Waals surface area contributed by atoms with Crippen LogP contribution in [-0.4, -0.2) is 23.3 Å². The van der Waals surface area contributed by atoms with E-state index in [1.807, 2.05) is 31.2 Å². The van der Waals surface area contributed by atoms with E-state index in [1.165, 1.54) is 18.9 Å². The number of para-hydroxylation sites is 1. The van der Waals surface area contributed by atoms with E-state index in [9.17, 15) is 9.90 Å². The maximum absolute atomic E-state index is 12.2. The standard InChI is InChI=1S/C18H15BrN2O3S/c1-10-5-3-4-6-13(10)20-18-21-17(23)15(25-18)8-11-7-12(19)9-14(24-2)16(11)22/h3-9,22H,1-2H3,(H,20,21,23). The van der Waals surface area contributed by atoms with E-state index in [4.69, 9.17) is 4.74 Å². The number of aryl methyl sites for hydroxylation is 1. The third-order valence-electron chi connectivity index (χ3n) is 3.56. The van der Waals surface area contributed by atoms with Crippen LogP contribution in [0.2, 0.25) is 0 Å². The van der Waals surface area contributed by atoms with E-state index in [0.717, 1.165) is 15.7 Å². The number of aliphatic imine (C=N–C) groups is 1. The number of aromatic hydroxyl groups is 1. The molecule has 25 heavy (non-hydrogen) atoms. The Morgan fingerprint density at radius 1 is 1.32 bits per heavy atom. The zero-order chi connectivity index (χ0) is 18.0. The lowest BCUT2D eigenvalue weighted by atomic mass is 10.1. The summed E-state index contributed by atoms with van der Waals surface area (Å²) in [5.41, 5.74) is 2.32. The molecule has 2 aromatic rings. The van der Waals surface area contributed by atoms with Crippen molar-refractivity contribution in [1.29, 1.82) is 0 Å². The molecule has 0 atom stereocenters. The van der Waals surface area contributed by atoms with Crippen molar-refractivity contribution in [2.75, 3.05) is 7.11 Å². The molecule has 0 unspecified atom stereocenters. The average Bonchev–Trinajstić information content (AvgIpc) is 2.92. The summed E-state index contributed by atoms with van der Waals surface area (Å²) < 4.78 is 5.87. The van der Waals surface area contributed by atoms with Gasteiger partial charge in [-0.15, -0.1) is 0 Å². The number of halogens is 1. The first-order chi connectivity index (χ1) is 12.0. The minimum atomic E-state index is -0.254. The zero-order valence-electron chi connectivity index (χ0n) is 13.5. The predicted octanol–water partition coefficient (Wildman–Crippen LogP) is 4.36. The molecule has 2 N–H and O–H groups in total. The SMILES string of the molecule is COc1cc(Br)cc(C=C2SC(=Nc3ccccc3C)NC2=O)c1O. The van der Waals surface area contributed by atoms with Gasteiger partial charge in [0.1, 0.15) is 0 Å². The molecule has 1 amide bonds. The van der Waals surface area contributed by atoms with E-state index in [-0.39, 0.29) is 11.7 Å². The van der Waals surface area contributed by atoms with Gasteiger partial charge in [-0.2, -0.15) is 0 Å². The van der Waals surface area contributed by atoms with Crippen LogP contribution < -0.4 is 10.1 Å². The van der Waals surface area contributed by atoms with Crippen LogP contribution in [0.5, 0.6) is 11.5 Å². The Bertz CT molecular complexity index is 909. The summed E-state index contributed by atoms with van der Waals surface area (Å²) in [6.45, 7) is 1.96. The molecule has 1 aliphatic heterocycles. The van der Waals surface area contributed by atoms with Crippen LogP contribution in [0.3, 0.4) is 0 Å². The largest absolute Gasteiger partial charge is 0.504 e. The van der Waals surface area contributed by atoms with Crippen molar-refractivity contribution in [3.05, 3.63) is 56.9 Å². The highest BCUT2D eigenvalue weighted by Crippen LogP contribution is 2.37. The zero-order valence-corrected chi connectivity index (χ0v) is 15.9. The molecule has 0 spiro atoms. The molecule has 3 rings (SSSR count). The molecule has 0 radical (unpaired) electrons. The number of carbonyl (C=O) groups is 1. The normalized spacial score (nSPS) is 17.2. The number of nitrogens with zero attached hydrogens (tertiary/aromatic N) is 1. The molecule has 1 fully saturated rings. The van der Waals surface area contributed by atoms with Crippen molar-refractivity contribution in [2.45, 2.75) is 6.92 Å². The third kappa shape index (κ3) is 3.88. The quantitative estimate of drug-likeness (QED) is 0.726. The number of benzene rings is 2. The summed E-state index contributed by atoms with van der Waals surface area (Å²) in [5.74, 6) is 0.0602. The van der Waals surface area contributed by atoms with Gasteiger partial charge in [0.25, 0.3) is 5.91 Å². The van der Waals surface area contributed by atoms with Crippen LogP contribution in [0.25, 0.3) is 6.08 Å². The number of hydrogen-bond acceptors (Lipinski definition) is 5. The number of rotatable bonds is 3. The van der Waals surface area contributed by atoms with E-state index in [1.54, 1.807) is 18.2 Å². The highest BCUT2D eigenvalue weighted by Gasteiger charge is 2.24. The van der Waals surface area contributed by atoms with Gasteiger partial charge in [-0.1, -0.05) is 34.1 Å². The van der Waals surface area contributed by atoms with E-state index in [2.05, 4.69) is 26.2 Å². The topological polar surface area (TPSA) is 70.9 Å². The van der Waals surface area contributed by atoms with Crippen molar-refractivity contribution in [3.8, 4) is 11.5 Å². The van der Waals surface area contributed by atoms with Gasteiger partial charge in [0.2, 0.25) is 0 Å². The predicted molar refractivity (Wildman–Crippen MR) is 104 cm³/mol. The number of thioether (sulfide) groups is 1. The number of methoxy groups -OCH3 is 1. The van der Waals surface area contributed by atoms with Gasteiger partial charge in [-0.3, -0.25) is 4.79 Å². The molecule has 0 saturated carbocycles. The lowest BCUT2D eigenvalue weighted by molar-refractivity contribution is -0.115. The van der Waals surface area contributed by atoms with Gasteiger partial charge in [-0.25, -0.2) is 4.99 Å². The minimum Gasteiger partial charge on any atom is -0.504 e. The second kappa shape index (κ2) is 7.33. The molecular formula is C18H15BrN2O3S. The van der Waals surface area contributed by atoms with Crippen molar-refractivity contribution >= 4 is 50.5 Å². The molecule has 1 aliphatic rings. The van der Waals surface area contributed by atoms with E-state index < -0.39 is 0 Å². The van der Waals surface area contributed by atoms with E-state index >= 15 is 0 Å². The van der Waals surface area contributed by atoms with Crippen LogP contribution in [0.15, 0.2) is 50.8 Å². The van der Waals surface area contributed by atoms with Gasteiger partial charge in [-0.05, 0) is 48.5 Å². The number of phenolic OH excluding ortho intramolecular Hbond substituents is 1. The summed E-state index contributed by atoms with van der Waals surface area (Å²) in [6.07, 6.45) is 1.61. The molecule has 1 heterocycles. The molecule has 0 aromatic heterocycles. The maximum Gasteiger partial charge on any atom is 0.264 e. The van der Waals surface area contributed by atoms with Crippen LogP contribution in [0, 0.1) is 6.92 Å². The smallest absolute Gasteiger partial charge is 0.264 e. The first kappa shape index (κ1) is 17.6. The molecule has 0 bridgehead atoms. The number of amidine groups is 1. The minimum absolute atomic E-state index is 0.0177. The molecule has 7 heteroatoms. The Hall–Kier alpha value is -2.25. The van der Waals surface area contributed by atoms with Crippen molar-refractivity contribution in [3.63, 3.8) is 0 Å². The highest BCUT2D eigenvalue weighted by molar-refractivity contribution is 9.10. The fourth-order valence-corrected chi connectivity index (χ4v) is 3.56. The number of phenols is 1. The summed E-state index contributed by atoms with van der Waals surface area (Å²) in [5, 5.41) is 13.5. The molecule has 0 aliphatic carbocycles. The average molecular weight is 419 g/mol. The lowest BCUT2D eigenvalue weighted by Gasteiger charge is -2.07. The Balaban J connectivity index is 1.93. The van der Waals surface area contributed by atoms with Crippen molar-refractivity contribution in [2.24, 2.45) is 4.99 Å². The highest BCUT2D eigenvalue weighted by atomic mass is 79.9. The fourth-order valence-electron chi connectivity index (χ4n) is 2.28. The van der Waals surface area contributed by atoms with Gasteiger partial charge in [0, 0.05) is 10.0 Å². The Kier molecular flexibility index (Phi) is 5.15. The monoisotopic (exact) mass is 418 g/mol. The van der Waals surface area contributed by atoms with Gasteiger partial charge in [0.15, 0.2) is 16.7 Å². The van der Waals surface area contributed by atoms with Gasteiger partial charge < -0.3 is 15.2 Å². The first-order valence-electron chi connectivity index (χ1n) is 7.39. The van der Waals surface area contributed by atoms with Crippen LogP contribution in [0.4, 0.5) is 5.69 Å². The number of hydrogen-bond donors (Lipinski definition) is 2. The molecule has 1 saturated heterocycles. The first-order valence-corrected chi connectivity index (χ1v) is 9.00. The second-order valence-corrected chi connectivity index (χ2v) is 7.26. The number of amides is 1. The summed E-state index contributed by atoms with van der Waals surface area (Å²) in [7, 11) is 1.47. The van der Waals surface area contributed by atoms with Crippen LogP contribution >= 0.6 is 27.7 Å². The molecule has 5 nitrogen and oxygen atoms in total. The molecular weight excluding hydrogens is 404 g/mol. The Labute approximate surface area is 157 Å². The van der Waals surface area contributed by atoms with Gasteiger partial charge in [0.05, 0.1) is 17.7 Å². The second-order valence-electron chi connectivity index (χ2n) is 5.31. The lowest BCUT2D eigenvalue weighted by Crippen LogP contribution is -2.19.